The van der Waals surface area contributed by atoms with Gasteiger partial charge in [-0.15, -0.1) is 11.3 Å². The predicted octanol–water partition coefficient (Wildman–Crippen LogP) is 3.31. The van der Waals surface area contributed by atoms with Crippen LogP contribution in [-0.2, 0) is 0 Å². The molecule has 0 aliphatic carbocycles. The lowest BCUT2D eigenvalue weighted by Gasteiger charge is -2.16. The first-order valence-electron chi connectivity index (χ1n) is 4.94. The second-order valence-electron chi connectivity index (χ2n) is 3.59. The smallest absolute Gasteiger partial charge is 0.0990 e. The third kappa shape index (κ3) is 2.61. The summed E-state index contributed by atoms with van der Waals surface area (Å²) in [5.41, 5.74) is 4.58. The van der Waals surface area contributed by atoms with Crippen molar-refractivity contribution in [1.82, 2.24) is 10.4 Å². The Hall–Kier alpha value is -0.650. The third-order valence-electron chi connectivity index (χ3n) is 2.44. The SMILES string of the molecule is Cc1ccsc1C(NN)c1ncc(Cl)cc1Cl. The molecule has 3 N–H and O–H groups in total. The summed E-state index contributed by atoms with van der Waals surface area (Å²) in [7, 11) is 0. The molecule has 0 fully saturated rings. The van der Waals surface area contributed by atoms with Gasteiger partial charge in [0.05, 0.1) is 21.8 Å². The van der Waals surface area contributed by atoms with Gasteiger partial charge in [0, 0.05) is 11.1 Å². The van der Waals surface area contributed by atoms with Crippen LogP contribution in [0.4, 0.5) is 0 Å². The van der Waals surface area contributed by atoms with Crippen molar-refractivity contribution in [3.63, 3.8) is 0 Å². The summed E-state index contributed by atoms with van der Waals surface area (Å²) >= 11 is 13.6. The van der Waals surface area contributed by atoms with Crippen molar-refractivity contribution < 1.29 is 0 Å². The maximum absolute atomic E-state index is 6.13. The molecule has 0 bridgehead atoms. The fraction of sp³-hybridized carbons (Fsp3) is 0.182. The van der Waals surface area contributed by atoms with Gasteiger partial charge in [-0.3, -0.25) is 10.8 Å². The van der Waals surface area contributed by atoms with Crippen molar-refractivity contribution >= 4 is 34.5 Å². The molecule has 1 unspecified atom stereocenters. The standard InChI is InChI=1S/C11H11Cl2N3S/c1-6-2-3-17-11(6)10(16-14)9-8(13)4-7(12)5-15-9/h2-5,10,16H,14H2,1H3. The molecule has 6 heteroatoms. The number of thiophene rings is 1. The lowest BCUT2D eigenvalue weighted by atomic mass is 10.1. The molecule has 17 heavy (non-hydrogen) atoms. The van der Waals surface area contributed by atoms with Crippen molar-refractivity contribution in [3.8, 4) is 0 Å². The summed E-state index contributed by atoms with van der Waals surface area (Å²) in [6.45, 7) is 2.03. The van der Waals surface area contributed by atoms with Crippen molar-refractivity contribution in [2.45, 2.75) is 13.0 Å². The van der Waals surface area contributed by atoms with Crippen molar-refractivity contribution in [2.24, 2.45) is 5.84 Å². The van der Waals surface area contributed by atoms with E-state index in [0.717, 1.165) is 10.4 Å². The number of nitrogens with two attached hydrogens (primary N) is 1. The van der Waals surface area contributed by atoms with Crippen LogP contribution in [0.3, 0.4) is 0 Å². The van der Waals surface area contributed by atoms with Gasteiger partial charge in [-0.1, -0.05) is 23.2 Å². The number of pyridine rings is 1. The summed E-state index contributed by atoms with van der Waals surface area (Å²) in [6.07, 6.45) is 1.57. The summed E-state index contributed by atoms with van der Waals surface area (Å²) < 4.78 is 0. The molecule has 90 valence electrons. The van der Waals surface area contributed by atoms with Crippen molar-refractivity contribution in [1.29, 1.82) is 0 Å². The molecule has 1 atom stereocenters. The van der Waals surface area contributed by atoms with Gasteiger partial charge in [0.2, 0.25) is 0 Å². The van der Waals surface area contributed by atoms with Gasteiger partial charge in [0.1, 0.15) is 0 Å². The molecular weight excluding hydrogens is 277 g/mol. The number of aromatic nitrogens is 1. The van der Waals surface area contributed by atoms with E-state index in [1.807, 2.05) is 18.4 Å². The van der Waals surface area contributed by atoms with Crippen LogP contribution >= 0.6 is 34.5 Å². The fourth-order valence-corrected chi connectivity index (χ4v) is 3.07. The minimum absolute atomic E-state index is 0.209. The van der Waals surface area contributed by atoms with E-state index in [1.54, 1.807) is 23.6 Å². The first kappa shape index (κ1) is 12.8. The van der Waals surface area contributed by atoms with E-state index in [1.165, 1.54) is 0 Å². The first-order valence-corrected chi connectivity index (χ1v) is 6.58. The maximum atomic E-state index is 6.13. The summed E-state index contributed by atoms with van der Waals surface area (Å²) in [4.78, 5) is 5.35. The second-order valence-corrected chi connectivity index (χ2v) is 5.38. The van der Waals surface area contributed by atoms with Gasteiger partial charge in [-0.25, -0.2) is 5.43 Å². The summed E-state index contributed by atoms with van der Waals surface area (Å²) in [6, 6.07) is 3.49. The number of rotatable bonds is 3. The Morgan fingerprint density at radius 1 is 1.47 bits per heavy atom. The highest BCUT2D eigenvalue weighted by Gasteiger charge is 2.20. The van der Waals surface area contributed by atoms with Gasteiger partial charge >= 0.3 is 0 Å². The molecule has 0 spiro atoms. The van der Waals surface area contributed by atoms with Gasteiger partial charge in [-0.05, 0) is 30.0 Å². The number of hydrazine groups is 1. The molecule has 0 saturated carbocycles. The molecule has 0 saturated heterocycles. The monoisotopic (exact) mass is 287 g/mol. The Labute approximate surface area is 114 Å². The topological polar surface area (TPSA) is 50.9 Å². The number of hydrogen-bond donors (Lipinski definition) is 2. The minimum Gasteiger partial charge on any atom is -0.270 e. The molecule has 0 aliphatic heterocycles. The largest absolute Gasteiger partial charge is 0.270 e. The highest BCUT2D eigenvalue weighted by Crippen LogP contribution is 2.32. The van der Waals surface area contributed by atoms with E-state index in [-0.39, 0.29) is 6.04 Å². The Kier molecular flexibility index (Phi) is 4.01. The Bertz CT molecular complexity index is 527. The summed E-state index contributed by atoms with van der Waals surface area (Å²) in [5.74, 6) is 5.60. The second kappa shape index (κ2) is 5.33. The highest BCUT2D eigenvalue weighted by atomic mass is 35.5. The van der Waals surface area contributed by atoms with Gasteiger partial charge in [-0.2, -0.15) is 0 Å². The maximum Gasteiger partial charge on any atom is 0.0990 e. The van der Waals surface area contributed by atoms with Crippen LogP contribution in [0.15, 0.2) is 23.7 Å². The lowest BCUT2D eigenvalue weighted by Crippen LogP contribution is -2.29. The zero-order chi connectivity index (χ0) is 12.4. The predicted molar refractivity (Wildman–Crippen MR) is 72.5 cm³/mol. The van der Waals surface area contributed by atoms with Crippen LogP contribution in [0, 0.1) is 6.92 Å². The van der Waals surface area contributed by atoms with Gasteiger partial charge in [0.25, 0.3) is 0 Å². The molecule has 0 radical (unpaired) electrons. The molecule has 3 nitrogen and oxygen atoms in total. The van der Waals surface area contributed by atoms with Crippen LogP contribution in [0.2, 0.25) is 10.0 Å². The molecule has 0 aliphatic rings. The van der Waals surface area contributed by atoms with E-state index in [9.17, 15) is 0 Å². The fourth-order valence-electron chi connectivity index (χ4n) is 1.60. The number of aryl methyl sites for hydroxylation is 1. The van der Waals surface area contributed by atoms with E-state index < -0.39 is 0 Å². The average Bonchev–Trinajstić information content (AvgIpc) is 2.69. The lowest BCUT2D eigenvalue weighted by molar-refractivity contribution is 0.628. The number of halogens is 2. The van der Waals surface area contributed by atoms with E-state index >= 15 is 0 Å². The van der Waals surface area contributed by atoms with Gasteiger partial charge in [0.15, 0.2) is 0 Å². The van der Waals surface area contributed by atoms with Crippen LogP contribution in [0.25, 0.3) is 0 Å². The van der Waals surface area contributed by atoms with Crippen molar-refractivity contribution in [3.05, 3.63) is 49.9 Å². The number of nitrogens with zero attached hydrogens (tertiary/aromatic N) is 1. The number of nitrogens with one attached hydrogen (secondary N) is 1. The normalized spacial score (nSPS) is 12.7. The Morgan fingerprint density at radius 3 is 2.76 bits per heavy atom. The Morgan fingerprint density at radius 2 is 2.24 bits per heavy atom. The average molecular weight is 288 g/mol. The molecule has 0 aromatic carbocycles. The zero-order valence-corrected chi connectivity index (χ0v) is 11.4. The molecule has 2 rings (SSSR count). The van der Waals surface area contributed by atoms with Crippen molar-refractivity contribution in [2.75, 3.05) is 0 Å². The quantitative estimate of drug-likeness (QED) is 0.673. The van der Waals surface area contributed by atoms with Crippen LogP contribution in [0.1, 0.15) is 22.2 Å². The van der Waals surface area contributed by atoms with Gasteiger partial charge < -0.3 is 0 Å². The minimum atomic E-state index is -0.209. The Balaban J connectivity index is 2.46. The molecule has 2 heterocycles. The summed E-state index contributed by atoms with van der Waals surface area (Å²) in [5, 5.41) is 3.03. The zero-order valence-electron chi connectivity index (χ0n) is 9.08. The molecule has 2 aromatic rings. The number of hydrogen-bond acceptors (Lipinski definition) is 4. The molecule has 0 amide bonds. The van der Waals surface area contributed by atoms with Crippen LogP contribution in [-0.4, -0.2) is 4.98 Å². The van der Waals surface area contributed by atoms with E-state index in [4.69, 9.17) is 29.0 Å². The third-order valence-corrected chi connectivity index (χ3v) is 4.03. The van der Waals surface area contributed by atoms with E-state index in [2.05, 4.69) is 10.4 Å². The molecular formula is C11H11Cl2N3S. The van der Waals surface area contributed by atoms with Crippen LogP contribution < -0.4 is 11.3 Å². The molecule has 2 aromatic heterocycles. The first-order chi connectivity index (χ1) is 8.13. The highest BCUT2D eigenvalue weighted by molar-refractivity contribution is 7.10. The van der Waals surface area contributed by atoms with Crippen LogP contribution in [0.5, 0.6) is 0 Å². The van der Waals surface area contributed by atoms with E-state index in [0.29, 0.717) is 15.7 Å².